The fourth-order valence-electron chi connectivity index (χ4n) is 5.19. The van der Waals surface area contributed by atoms with Gasteiger partial charge in [0, 0.05) is 44.1 Å². The normalized spacial score (nSPS) is 14.5. The molecule has 0 aliphatic carbocycles. The second-order valence-electron chi connectivity index (χ2n) is 10.6. The average Bonchev–Trinajstić information content (AvgIpc) is 3.37. The van der Waals surface area contributed by atoms with Crippen LogP contribution in [0.15, 0.2) is 59.5 Å². The molecule has 1 saturated heterocycles. The molecule has 0 spiro atoms. The van der Waals surface area contributed by atoms with Crippen LogP contribution in [0.2, 0.25) is 0 Å². The fraction of sp³-hybridized carbons (Fsp3) is 0.367. The van der Waals surface area contributed by atoms with Crippen molar-refractivity contribution in [1.29, 1.82) is 0 Å². The fourth-order valence-corrected chi connectivity index (χ4v) is 5.19. The number of aryl methyl sites for hydroxylation is 1. The van der Waals surface area contributed by atoms with Gasteiger partial charge in [-0.2, -0.15) is 0 Å². The summed E-state index contributed by atoms with van der Waals surface area (Å²) in [6, 6.07) is 15.7. The summed E-state index contributed by atoms with van der Waals surface area (Å²) in [5.74, 6) is 0.464. The van der Waals surface area contributed by atoms with E-state index in [0.29, 0.717) is 36.6 Å². The van der Waals surface area contributed by atoms with Crippen molar-refractivity contribution in [2.45, 2.75) is 39.3 Å². The van der Waals surface area contributed by atoms with Crippen LogP contribution in [-0.4, -0.2) is 75.9 Å². The largest absolute Gasteiger partial charge is 0.394 e. The van der Waals surface area contributed by atoms with Crippen LogP contribution in [0.3, 0.4) is 0 Å². The van der Waals surface area contributed by atoms with Gasteiger partial charge in [0.15, 0.2) is 0 Å². The van der Waals surface area contributed by atoms with Gasteiger partial charge in [0.05, 0.1) is 29.4 Å². The van der Waals surface area contributed by atoms with Crippen molar-refractivity contribution in [3.05, 3.63) is 76.2 Å². The Labute approximate surface area is 233 Å². The molecule has 1 atom stereocenters. The molecule has 0 radical (unpaired) electrons. The number of urea groups is 1. The molecule has 5 rings (SSSR count). The standard InChI is InChI=1S/C30H37N7O3/c1-19(2)32-30(40)37-13-11-36(12-14-37)23-15-20(3)27-25(17-23)34-28(35-27)26-24(9-10-31-29(26)39)33-22(18-38)16-21-7-5-4-6-8-21/h4-10,15,17,19,22,38H,11-14,16,18H2,1-3H3,(H,32,40)(H,34,35)(H2,31,33,39)/t22-/m0/s1. The number of pyridine rings is 1. The Balaban J connectivity index is 1.39. The molecule has 1 fully saturated rings. The molecule has 2 amide bonds. The number of aliphatic hydroxyl groups is 1. The molecule has 2 aromatic carbocycles. The van der Waals surface area contributed by atoms with E-state index < -0.39 is 0 Å². The number of aromatic nitrogens is 3. The van der Waals surface area contributed by atoms with E-state index in [4.69, 9.17) is 4.98 Å². The van der Waals surface area contributed by atoms with Crippen LogP contribution in [-0.2, 0) is 6.42 Å². The Hall–Kier alpha value is -4.31. The summed E-state index contributed by atoms with van der Waals surface area (Å²) < 4.78 is 0. The van der Waals surface area contributed by atoms with Gasteiger partial charge in [-0.15, -0.1) is 0 Å². The van der Waals surface area contributed by atoms with Gasteiger partial charge >= 0.3 is 6.03 Å². The third kappa shape index (κ3) is 5.96. The summed E-state index contributed by atoms with van der Waals surface area (Å²) in [5.41, 5.74) is 5.50. The minimum Gasteiger partial charge on any atom is -0.394 e. The number of H-pyrrole nitrogens is 2. The van der Waals surface area contributed by atoms with E-state index in [1.807, 2.05) is 56.0 Å². The predicted molar refractivity (Wildman–Crippen MR) is 159 cm³/mol. The van der Waals surface area contributed by atoms with E-state index in [1.54, 1.807) is 12.3 Å². The van der Waals surface area contributed by atoms with Crippen molar-refractivity contribution in [1.82, 2.24) is 25.2 Å². The number of fused-ring (bicyclic) bond motifs is 1. The number of amides is 2. The van der Waals surface area contributed by atoms with E-state index >= 15 is 0 Å². The second-order valence-corrected chi connectivity index (χ2v) is 10.6. The van der Waals surface area contributed by atoms with Crippen LogP contribution >= 0.6 is 0 Å². The molecule has 0 unspecified atom stereocenters. The third-order valence-corrected chi connectivity index (χ3v) is 7.21. The van der Waals surface area contributed by atoms with Crippen LogP contribution < -0.4 is 21.1 Å². The number of rotatable bonds is 8. The van der Waals surface area contributed by atoms with E-state index in [-0.39, 0.29) is 30.3 Å². The number of aromatic amines is 2. The number of nitrogens with zero attached hydrogens (tertiary/aromatic N) is 3. The van der Waals surface area contributed by atoms with Gasteiger partial charge in [-0.05, 0) is 56.5 Å². The number of anilines is 2. The Morgan fingerprint density at radius 2 is 1.85 bits per heavy atom. The Morgan fingerprint density at radius 3 is 2.55 bits per heavy atom. The van der Waals surface area contributed by atoms with Crippen molar-refractivity contribution < 1.29 is 9.90 Å². The first kappa shape index (κ1) is 27.3. The SMILES string of the molecule is Cc1cc(N2CCN(C(=O)NC(C)C)CC2)cc2[nH]c(-c3c(N[C@H](CO)Cc4ccccc4)cc[nH]c3=O)nc12. The molecule has 10 heteroatoms. The maximum atomic E-state index is 13.0. The van der Waals surface area contributed by atoms with E-state index in [9.17, 15) is 14.7 Å². The molecular formula is C30H37N7O3. The summed E-state index contributed by atoms with van der Waals surface area (Å²) in [7, 11) is 0. The number of nitrogens with one attached hydrogen (secondary N) is 4. The van der Waals surface area contributed by atoms with E-state index in [1.165, 1.54) is 0 Å². The highest BCUT2D eigenvalue weighted by atomic mass is 16.3. The van der Waals surface area contributed by atoms with Crippen molar-refractivity contribution in [3.8, 4) is 11.4 Å². The molecule has 3 heterocycles. The number of imidazole rings is 1. The molecule has 1 aliphatic heterocycles. The first-order chi connectivity index (χ1) is 19.3. The van der Waals surface area contributed by atoms with E-state index in [0.717, 1.165) is 40.9 Å². The lowest BCUT2D eigenvalue weighted by Crippen LogP contribution is -2.52. The highest BCUT2D eigenvalue weighted by molar-refractivity contribution is 5.87. The van der Waals surface area contributed by atoms with Gasteiger partial charge in [0.25, 0.3) is 5.56 Å². The first-order valence-corrected chi connectivity index (χ1v) is 13.8. The topological polar surface area (TPSA) is 129 Å². The smallest absolute Gasteiger partial charge is 0.317 e. The zero-order chi connectivity index (χ0) is 28.2. The second kappa shape index (κ2) is 11.8. The summed E-state index contributed by atoms with van der Waals surface area (Å²) >= 11 is 0. The summed E-state index contributed by atoms with van der Waals surface area (Å²) in [6.07, 6.45) is 2.21. The van der Waals surface area contributed by atoms with Gasteiger partial charge in [-0.3, -0.25) is 4.79 Å². The van der Waals surface area contributed by atoms with Crippen molar-refractivity contribution >= 4 is 28.4 Å². The van der Waals surface area contributed by atoms with Gasteiger partial charge < -0.3 is 35.5 Å². The number of carbonyl (C=O) groups excluding carboxylic acids is 1. The quantitative estimate of drug-likeness (QED) is 0.231. The van der Waals surface area contributed by atoms with Crippen molar-refractivity contribution in [3.63, 3.8) is 0 Å². The first-order valence-electron chi connectivity index (χ1n) is 13.8. The minimum absolute atomic E-state index is 0.0239. The highest BCUT2D eigenvalue weighted by Crippen LogP contribution is 2.30. The average molecular weight is 544 g/mol. The maximum Gasteiger partial charge on any atom is 0.317 e. The molecule has 0 bridgehead atoms. The molecule has 10 nitrogen and oxygen atoms in total. The van der Waals surface area contributed by atoms with Crippen molar-refractivity contribution in [2.24, 2.45) is 0 Å². The summed E-state index contributed by atoms with van der Waals surface area (Å²) in [5, 5.41) is 16.4. The van der Waals surface area contributed by atoms with Crippen LogP contribution in [0.5, 0.6) is 0 Å². The van der Waals surface area contributed by atoms with Crippen LogP contribution in [0.1, 0.15) is 25.0 Å². The molecule has 2 aromatic heterocycles. The highest BCUT2D eigenvalue weighted by Gasteiger charge is 2.23. The number of carbonyl (C=O) groups is 1. The van der Waals surface area contributed by atoms with Gasteiger partial charge in [0.2, 0.25) is 0 Å². The lowest BCUT2D eigenvalue weighted by molar-refractivity contribution is 0.192. The van der Waals surface area contributed by atoms with Crippen LogP contribution in [0, 0.1) is 6.92 Å². The lowest BCUT2D eigenvalue weighted by Gasteiger charge is -2.36. The summed E-state index contributed by atoms with van der Waals surface area (Å²) in [6.45, 7) is 8.60. The maximum absolute atomic E-state index is 13.0. The Morgan fingerprint density at radius 1 is 1.10 bits per heavy atom. The monoisotopic (exact) mass is 543 g/mol. The zero-order valence-corrected chi connectivity index (χ0v) is 23.2. The molecule has 5 N–H and O–H groups in total. The van der Waals surface area contributed by atoms with Gasteiger partial charge in [-0.1, -0.05) is 30.3 Å². The Bertz CT molecular complexity index is 1520. The number of aliphatic hydroxyl groups excluding tert-OH is 1. The lowest BCUT2D eigenvalue weighted by atomic mass is 10.1. The third-order valence-electron chi connectivity index (χ3n) is 7.21. The van der Waals surface area contributed by atoms with E-state index in [2.05, 4.69) is 37.6 Å². The number of hydrogen-bond donors (Lipinski definition) is 5. The Kier molecular flexibility index (Phi) is 8.06. The number of hydrogen-bond acceptors (Lipinski definition) is 6. The number of piperazine rings is 1. The minimum atomic E-state index is -0.276. The molecular weight excluding hydrogens is 506 g/mol. The van der Waals surface area contributed by atoms with Crippen LogP contribution in [0.25, 0.3) is 22.4 Å². The van der Waals surface area contributed by atoms with Crippen LogP contribution in [0.4, 0.5) is 16.2 Å². The number of benzene rings is 2. The summed E-state index contributed by atoms with van der Waals surface area (Å²) in [4.78, 5) is 40.5. The molecule has 40 heavy (non-hydrogen) atoms. The van der Waals surface area contributed by atoms with Gasteiger partial charge in [0.1, 0.15) is 11.4 Å². The van der Waals surface area contributed by atoms with Crippen molar-refractivity contribution in [2.75, 3.05) is 43.0 Å². The molecule has 1 aliphatic rings. The predicted octanol–water partition coefficient (Wildman–Crippen LogP) is 3.48. The molecule has 0 saturated carbocycles. The van der Waals surface area contributed by atoms with Gasteiger partial charge in [-0.25, -0.2) is 9.78 Å². The zero-order valence-electron chi connectivity index (χ0n) is 23.2. The molecule has 210 valence electrons. The molecule has 4 aromatic rings.